The molecule has 0 saturated carbocycles. The molecule has 2 aromatic rings. The first-order valence-corrected chi connectivity index (χ1v) is 6.13. The van der Waals surface area contributed by atoms with Gasteiger partial charge in [-0.3, -0.25) is 0 Å². The fourth-order valence-electron chi connectivity index (χ4n) is 1.93. The third-order valence-corrected chi connectivity index (χ3v) is 2.85. The first kappa shape index (κ1) is 13.7. The van der Waals surface area contributed by atoms with Gasteiger partial charge >= 0.3 is 6.09 Å². The van der Waals surface area contributed by atoms with Crippen LogP contribution in [-0.2, 0) is 4.74 Å². The SMILES string of the molecule is COC(=O)N[N+](=O)C(c1ccccc1)c1ccccc1. The molecule has 0 aliphatic rings. The summed E-state index contributed by atoms with van der Waals surface area (Å²) in [5, 5.41) is 0. The molecule has 0 atom stereocenters. The lowest BCUT2D eigenvalue weighted by Crippen LogP contribution is -2.36. The Morgan fingerprint density at radius 2 is 1.45 bits per heavy atom. The number of nitrogens with one attached hydrogen (secondary N) is 1. The molecule has 2 rings (SSSR count). The number of hydrogen-bond acceptors (Lipinski definition) is 3. The van der Waals surface area contributed by atoms with Crippen LogP contribution >= 0.6 is 0 Å². The van der Waals surface area contributed by atoms with E-state index in [0.717, 1.165) is 11.1 Å². The normalized spacial score (nSPS) is 10.1. The fraction of sp³-hybridized carbons (Fsp3) is 0.133. The Kier molecular flexibility index (Phi) is 4.44. The van der Waals surface area contributed by atoms with Gasteiger partial charge in [0.05, 0.1) is 12.0 Å². The number of hydrazine groups is 1. The Balaban J connectivity index is 2.35. The number of carbonyl (C=O) groups excluding carboxylic acids is 1. The van der Waals surface area contributed by atoms with Crippen LogP contribution in [0.4, 0.5) is 4.79 Å². The van der Waals surface area contributed by atoms with E-state index in [9.17, 15) is 9.70 Å². The average molecular weight is 271 g/mol. The minimum Gasteiger partial charge on any atom is -0.449 e. The fourth-order valence-corrected chi connectivity index (χ4v) is 1.93. The van der Waals surface area contributed by atoms with E-state index >= 15 is 0 Å². The van der Waals surface area contributed by atoms with E-state index in [1.54, 1.807) is 0 Å². The molecule has 5 heteroatoms. The minimum atomic E-state index is -0.795. The molecule has 5 nitrogen and oxygen atoms in total. The molecule has 2 aromatic carbocycles. The summed E-state index contributed by atoms with van der Waals surface area (Å²) >= 11 is 0. The molecule has 20 heavy (non-hydrogen) atoms. The highest BCUT2D eigenvalue weighted by molar-refractivity contribution is 5.65. The van der Waals surface area contributed by atoms with Crippen molar-refractivity contribution in [3.63, 3.8) is 0 Å². The molecule has 1 amide bonds. The zero-order valence-electron chi connectivity index (χ0n) is 11.0. The van der Waals surface area contributed by atoms with Crippen molar-refractivity contribution in [3.8, 4) is 0 Å². The topological polar surface area (TPSA) is 58.4 Å². The Morgan fingerprint density at radius 3 is 1.85 bits per heavy atom. The quantitative estimate of drug-likeness (QED) is 0.687. The number of methoxy groups -OCH3 is 1. The van der Waals surface area contributed by atoms with Gasteiger partial charge in [-0.15, -0.1) is 0 Å². The Labute approximate surface area is 116 Å². The van der Waals surface area contributed by atoms with Gasteiger partial charge in [0.2, 0.25) is 0 Å². The summed E-state index contributed by atoms with van der Waals surface area (Å²) in [5.74, 6) is 0. The number of rotatable bonds is 4. The van der Waals surface area contributed by atoms with Crippen molar-refractivity contribution in [1.29, 1.82) is 0 Å². The van der Waals surface area contributed by atoms with Crippen molar-refractivity contribution >= 4 is 6.09 Å². The summed E-state index contributed by atoms with van der Waals surface area (Å²) in [6.45, 7) is 0. The highest BCUT2D eigenvalue weighted by Gasteiger charge is 2.32. The Bertz CT molecular complexity index is 545. The molecular formula is C15H15N2O3+. The van der Waals surface area contributed by atoms with E-state index in [1.165, 1.54) is 7.11 Å². The van der Waals surface area contributed by atoms with Gasteiger partial charge in [0.25, 0.3) is 6.04 Å². The molecule has 0 fully saturated rings. The van der Waals surface area contributed by atoms with E-state index in [0.29, 0.717) is 4.87 Å². The van der Waals surface area contributed by atoms with Crippen molar-refractivity contribution in [2.45, 2.75) is 6.04 Å². The Morgan fingerprint density at radius 1 is 1.00 bits per heavy atom. The molecule has 0 aliphatic carbocycles. The second-order valence-electron chi connectivity index (χ2n) is 4.15. The number of amides is 1. The molecular weight excluding hydrogens is 256 g/mol. The number of nitrogens with zero attached hydrogens (tertiary/aromatic N) is 1. The van der Waals surface area contributed by atoms with Crippen LogP contribution in [0.25, 0.3) is 0 Å². The molecule has 0 radical (unpaired) electrons. The third-order valence-electron chi connectivity index (χ3n) is 2.85. The van der Waals surface area contributed by atoms with Crippen LogP contribution in [0.1, 0.15) is 17.2 Å². The maximum atomic E-state index is 12.2. The van der Waals surface area contributed by atoms with Gasteiger partial charge in [0, 0.05) is 11.1 Å². The van der Waals surface area contributed by atoms with E-state index in [1.807, 2.05) is 60.7 Å². The van der Waals surface area contributed by atoms with Crippen LogP contribution < -0.4 is 5.43 Å². The molecule has 1 N–H and O–H groups in total. The lowest BCUT2D eigenvalue weighted by molar-refractivity contribution is -0.626. The summed E-state index contributed by atoms with van der Waals surface area (Å²) in [6.07, 6.45) is -0.795. The van der Waals surface area contributed by atoms with Crippen LogP contribution in [0.15, 0.2) is 60.7 Å². The van der Waals surface area contributed by atoms with Crippen molar-refractivity contribution in [3.05, 3.63) is 76.7 Å². The lowest BCUT2D eigenvalue weighted by Gasteiger charge is -2.09. The summed E-state index contributed by atoms with van der Waals surface area (Å²) < 4.78 is 4.45. The number of carbonyl (C=O) groups is 1. The summed E-state index contributed by atoms with van der Waals surface area (Å²) in [4.78, 5) is 23.9. The summed E-state index contributed by atoms with van der Waals surface area (Å²) in [6, 6.07) is 17.8. The van der Waals surface area contributed by atoms with Crippen LogP contribution in [0.5, 0.6) is 0 Å². The first-order valence-electron chi connectivity index (χ1n) is 6.13. The lowest BCUT2D eigenvalue weighted by atomic mass is 9.99. The zero-order chi connectivity index (χ0) is 14.4. The molecule has 0 unspecified atom stereocenters. The van der Waals surface area contributed by atoms with Crippen LogP contribution in [0.3, 0.4) is 0 Å². The third kappa shape index (κ3) is 3.20. The molecule has 0 saturated heterocycles. The Hall–Kier alpha value is -2.69. The standard InChI is InChI=1S/C15H14N2O3/c1-20-15(18)16-17(19)14(12-8-4-2-5-9-12)13-10-6-3-7-11-13/h2-11,14H,1H3/p+1. The average Bonchev–Trinajstić information content (AvgIpc) is 2.49. The maximum absolute atomic E-state index is 12.2. The molecule has 0 aliphatic heterocycles. The van der Waals surface area contributed by atoms with Crippen molar-refractivity contribution in [2.75, 3.05) is 7.11 Å². The maximum Gasteiger partial charge on any atom is 0.464 e. The van der Waals surface area contributed by atoms with Gasteiger partial charge in [-0.1, -0.05) is 60.7 Å². The molecule has 0 bridgehead atoms. The van der Waals surface area contributed by atoms with Crippen molar-refractivity contribution in [1.82, 2.24) is 5.43 Å². The van der Waals surface area contributed by atoms with Gasteiger partial charge in [-0.25, -0.2) is 4.79 Å². The van der Waals surface area contributed by atoms with Crippen LogP contribution in [-0.4, -0.2) is 18.1 Å². The highest BCUT2D eigenvalue weighted by Crippen LogP contribution is 2.24. The number of ether oxygens (including phenoxy) is 1. The van der Waals surface area contributed by atoms with E-state index < -0.39 is 12.1 Å². The van der Waals surface area contributed by atoms with Gasteiger partial charge in [-0.2, -0.15) is 0 Å². The first-order chi connectivity index (χ1) is 9.72. The second kappa shape index (κ2) is 6.47. The number of nitroso groups, excluding NO2 is 1. The molecule has 0 spiro atoms. The molecule has 102 valence electrons. The monoisotopic (exact) mass is 271 g/mol. The largest absolute Gasteiger partial charge is 0.464 e. The van der Waals surface area contributed by atoms with Crippen molar-refractivity contribution in [2.24, 2.45) is 0 Å². The summed E-state index contributed by atoms with van der Waals surface area (Å²) in [7, 11) is 1.21. The predicted octanol–water partition coefficient (Wildman–Crippen LogP) is 2.83. The highest BCUT2D eigenvalue weighted by atomic mass is 16.5. The van der Waals surface area contributed by atoms with Crippen molar-refractivity contribution < 1.29 is 14.4 Å². The van der Waals surface area contributed by atoms with E-state index in [-0.39, 0.29) is 0 Å². The van der Waals surface area contributed by atoms with Gasteiger partial charge in [-0.05, 0) is 5.43 Å². The smallest absolute Gasteiger partial charge is 0.449 e. The number of hydrogen-bond donors (Lipinski definition) is 1. The molecule has 0 aromatic heterocycles. The van der Waals surface area contributed by atoms with E-state index in [4.69, 9.17) is 0 Å². The number of benzene rings is 2. The minimum absolute atomic E-state index is 0.497. The van der Waals surface area contributed by atoms with Crippen LogP contribution in [0.2, 0.25) is 0 Å². The second-order valence-corrected chi connectivity index (χ2v) is 4.15. The van der Waals surface area contributed by atoms with E-state index in [2.05, 4.69) is 10.2 Å². The van der Waals surface area contributed by atoms with Crippen LogP contribution in [0, 0.1) is 4.91 Å². The molecule has 0 heterocycles. The summed E-state index contributed by atoms with van der Waals surface area (Å²) in [5.41, 5.74) is 3.71. The zero-order valence-corrected chi connectivity index (χ0v) is 11.0. The van der Waals surface area contributed by atoms with Gasteiger partial charge in [0.1, 0.15) is 4.87 Å². The van der Waals surface area contributed by atoms with Gasteiger partial charge in [0.15, 0.2) is 0 Å². The van der Waals surface area contributed by atoms with Gasteiger partial charge < -0.3 is 4.74 Å². The predicted molar refractivity (Wildman–Crippen MR) is 73.9 cm³/mol.